The predicted molar refractivity (Wildman–Crippen MR) is 49.6 cm³/mol. The van der Waals surface area contributed by atoms with Crippen molar-refractivity contribution in [1.82, 2.24) is 0 Å². The smallest absolute Gasteiger partial charge is 0.263 e. The van der Waals surface area contributed by atoms with Gasteiger partial charge in [0.05, 0.1) is 4.92 Å². The summed E-state index contributed by atoms with van der Waals surface area (Å²) in [5, 5.41) is 20.7. The third-order valence-electron chi connectivity index (χ3n) is 1.59. The first-order valence-corrected chi connectivity index (χ1v) is 4.41. The lowest BCUT2D eigenvalue weighted by atomic mass is 10.1. The molecule has 0 radical (unpaired) electrons. The minimum Gasteiger partial charge on any atom is -0.263 e. The maximum absolute atomic E-state index is 10.4. The zero-order valence-electron chi connectivity index (χ0n) is 7.14. The topological polar surface area (TPSA) is 86.3 Å². The highest BCUT2D eigenvalue weighted by Crippen LogP contribution is 2.21. The molecule has 0 aliphatic heterocycles. The maximum Gasteiger partial charge on any atom is 0.278 e. The number of rotatable bonds is 4. The second-order valence-electron chi connectivity index (χ2n) is 2.42. The van der Waals surface area contributed by atoms with Gasteiger partial charge in [0.25, 0.3) is 10.6 Å². The Hall–Kier alpha value is -0.980. The first-order chi connectivity index (χ1) is 5.91. The summed E-state index contributed by atoms with van der Waals surface area (Å²) in [6.45, 7) is 2.91. The molecule has 0 saturated heterocycles. The molecule has 0 rings (SSSR count). The van der Waals surface area contributed by atoms with Gasteiger partial charge < -0.3 is 0 Å². The Kier molecular flexibility index (Phi) is 4.53. The summed E-state index contributed by atoms with van der Waals surface area (Å²) in [4.78, 5) is 18.4. The van der Waals surface area contributed by atoms with Crippen molar-refractivity contribution in [2.24, 2.45) is 5.92 Å². The van der Waals surface area contributed by atoms with Crippen molar-refractivity contribution in [3.63, 3.8) is 0 Å². The van der Waals surface area contributed by atoms with Crippen LogP contribution in [0.4, 0.5) is 0 Å². The van der Waals surface area contributed by atoms with Crippen LogP contribution >= 0.6 is 15.9 Å². The van der Waals surface area contributed by atoms with Crippen LogP contribution in [0.1, 0.15) is 13.8 Å². The lowest BCUT2D eigenvalue weighted by molar-refractivity contribution is -0.511. The van der Waals surface area contributed by atoms with Gasteiger partial charge in [0.15, 0.2) is 0 Å². The lowest BCUT2D eigenvalue weighted by Gasteiger charge is -2.08. The maximum atomic E-state index is 10.4. The number of hydrogen-bond donors (Lipinski definition) is 0. The highest BCUT2D eigenvalue weighted by Gasteiger charge is 2.33. The first kappa shape index (κ1) is 12.0. The molecule has 0 aromatic heterocycles. The van der Waals surface area contributed by atoms with E-state index in [-0.39, 0.29) is 5.70 Å². The number of hydrogen-bond acceptors (Lipinski definition) is 4. The average molecular weight is 253 g/mol. The van der Waals surface area contributed by atoms with E-state index in [0.717, 1.165) is 0 Å². The predicted octanol–water partition coefficient (Wildman–Crippen LogP) is 1.80. The molecule has 0 aromatic rings. The van der Waals surface area contributed by atoms with Gasteiger partial charge in [-0.1, -0.05) is 0 Å². The fraction of sp³-hybridized carbons (Fsp3) is 0.667. The molecule has 0 amide bonds. The van der Waals surface area contributed by atoms with Crippen LogP contribution in [-0.4, -0.2) is 14.8 Å². The largest absolute Gasteiger partial charge is 0.278 e. The zero-order valence-corrected chi connectivity index (χ0v) is 8.72. The second kappa shape index (κ2) is 4.90. The van der Waals surface area contributed by atoms with Crippen LogP contribution < -0.4 is 0 Å². The summed E-state index contributed by atoms with van der Waals surface area (Å²) in [6.07, 6.45) is 1.27. The molecule has 13 heavy (non-hydrogen) atoms. The summed E-state index contributed by atoms with van der Waals surface area (Å²) in [6, 6.07) is 0. The van der Waals surface area contributed by atoms with Crippen LogP contribution in [0.25, 0.3) is 0 Å². The summed E-state index contributed by atoms with van der Waals surface area (Å²) in [5.74, 6) is -0.755. The van der Waals surface area contributed by atoms with Crippen LogP contribution in [0.5, 0.6) is 0 Å². The van der Waals surface area contributed by atoms with E-state index in [1.807, 2.05) is 0 Å². The normalized spacial score (nSPS) is 16.4. The van der Waals surface area contributed by atoms with Gasteiger partial charge in [0.2, 0.25) is 0 Å². The molecule has 2 atom stereocenters. The molecular weight excluding hydrogens is 244 g/mol. The third kappa shape index (κ3) is 3.10. The lowest BCUT2D eigenvalue weighted by Crippen LogP contribution is -2.25. The molecular formula is C6H9BrN2O4. The van der Waals surface area contributed by atoms with Crippen LogP contribution in [0.3, 0.4) is 0 Å². The highest BCUT2D eigenvalue weighted by molar-refractivity contribution is 9.09. The Morgan fingerprint density at radius 2 is 1.92 bits per heavy atom. The Balaban J connectivity index is 4.66. The van der Waals surface area contributed by atoms with Gasteiger partial charge >= 0.3 is 0 Å². The molecule has 0 fully saturated rings. The standard InChI is InChI=1S/C6H9BrN2O4/c1-3-5(8(10)11)4(2)6(7)9(12)13/h3-4,6H,1-2H3. The quantitative estimate of drug-likeness (QED) is 0.331. The van der Waals surface area contributed by atoms with Crippen molar-refractivity contribution >= 4 is 15.9 Å². The summed E-state index contributed by atoms with van der Waals surface area (Å²) in [7, 11) is 0. The first-order valence-electron chi connectivity index (χ1n) is 3.50. The minimum atomic E-state index is -1.12. The molecule has 2 unspecified atom stereocenters. The van der Waals surface area contributed by atoms with Crippen molar-refractivity contribution in [2.75, 3.05) is 0 Å². The Morgan fingerprint density at radius 3 is 2.15 bits per heavy atom. The van der Waals surface area contributed by atoms with Gasteiger partial charge in [-0.3, -0.25) is 20.2 Å². The molecule has 0 aliphatic rings. The van der Waals surface area contributed by atoms with E-state index in [9.17, 15) is 20.2 Å². The van der Waals surface area contributed by atoms with E-state index in [2.05, 4.69) is 15.9 Å². The zero-order chi connectivity index (χ0) is 10.6. The molecule has 0 heterocycles. The Bertz CT molecular complexity index is 253. The van der Waals surface area contributed by atoms with E-state index >= 15 is 0 Å². The summed E-state index contributed by atoms with van der Waals surface area (Å²) >= 11 is 2.77. The van der Waals surface area contributed by atoms with Crippen molar-refractivity contribution in [3.8, 4) is 0 Å². The SMILES string of the molecule is CC=C(C(C)C(Br)[N+](=O)[O-])[N+](=O)[O-]. The van der Waals surface area contributed by atoms with Gasteiger partial charge in [-0.25, -0.2) is 0 Å². The van der Waals surface area contributed by atoms with Crippen LogP contribution in [-0.2, 0) is 0 Å². The number of allylic oxidation sites excluding steroid dienone is 1. The molecule has 0 spiro atoms. The molecule has 0 saturated carbocycles. The monoisotopic (exact) mass is 252 g/mol. The molecule has 7 heteroatoms. The van der Waals surface area contributed by atoms with Gasteiger partial charge in [0, 0.05) is 4.92 Å². The number of alkyl halides is 1. The van der Waals surface area contributed by atoms with E-state index in [1.54, 1.807) is 0 Å². The molecule has 74 valence electrons. The fourth-order valence-electron chi connectivity index (χ4n) is 0.858. The number of nitro groups is 2. The molecule has 0 N–H and O–H groups in total. The Morgan fingerprint density at radius 1 is 1.46 bits per heavy atom. The van der Waals surface area contributed by atoms with E-state index in [0.29, 0.717) is 0 Å². The molecule has 6 nitrogen and oxygen atoms in total. The van der Waals surface area contributed by atoms with Crippen molar-refractivity contribution in [3.05, 3.63) is 32.0 Å². The van der Waals surface area contributed by atoms with E-state index in [4.69, 9.17) is 0 Å². The van der Waals surface area contributed by atoms with E-state index in [1.165, 1.54) is 19.9 Å². The van der Waals surface area contributed by atoms with Crippen LogP contribution in [0, 0.1) is 26.1 Å². The van der Waals surface area contributed by atoms with Gasteiger partial charge in [-0.2, -0.15) is 0 Å². The molecule has 0 aromatic carbocycles. The molecule has 0 bridgehead atoms. The summed E-state index contributed by atoms with van der Waals surface area (Å²) < 4.78 is 0. The van der Waals surface area contributed by atoms with Gasteiger partial charge in [0.1, 0.15) is 5.92 Å². The highest BCUT2D eigenvalue weighted by atomic mass is 79.9. The number of nitrogens with zero attached hydrogens (tertiary/aromatic N) is 2. The van der Waals surface area contributed by atoms with Crippen molar-refractivity contribution in [1.29, 1.82) is 0 Å². The fourth-order valence-corrected chi connectivity index (χ4v) is 1.13. The van der Waals surface area contributed by atoms with Crippen molar-refractivity contribution < 1.29 is 9.85 Å². The third-order valence-corrected chi connectivity index (χ3v) is 2.71. The van der Waals surface area contributed by atoms with Gasteiger partial charge in [-0.15, -0.1) is 0 Å². The molecule has 0 aliphatic carbocycles. The second-order valence-corrected chi connectivity index (χ2v) is 3.36. The summed E-state index contributed by atoms with van der Waals surface area (Å²) in [5.41, 5.74) is -0.154. The van der Waals surface area contributed by atoms with Crippen LogP contribution in [0.15, 0.2) is 11.8 Å². The minimum absolute atomic E-state index is 0.154. The number of halogens is 1. The van der Waals surface area contributed by atoms with E-state index < -0.39 is 20.7 Å². The van der Waals surface area contributed by atoms with Crippen molar-refractivity contribution in [2.45, 2.75) is 18.8 Å². The Labute approximate surface area is 83.0 Å². The average Bonchev–Trinajstić information content (AvgIpc) is 2.03. The van der Waals surface area contributed by atoms with Crippen LogP contribution in [0.2, 0.25) is 0 Å². The van der Waals surface area contributed by atoms with Gasteiger partial charge in [-0.05, 0) is 35.9 Å².